The van der Waals surface area contributed by atoms with Crippen LogP contribution in [0.1, 0.15) is 19.3 Å². The van der Waals surface area contributed by atoms with Crippen LogP contribution in [-0.4, -0.2) is 34.9 Å². The Morgan fingerprint density at radius 2 is 2.08 bits per heavy atom. The van der Waals surface area contributed by atoms with Gasteiger partial charge in [0.1, 0.15) is 5.60 Å². The van der Waals surface area contributed by atoms with Crippen molar-refractivity contribution in [2.24, 2.45) is 0 Å². The van der Waals surface area contributed by atoms with Crippen LogP contribution in [-0.2, 0) is 4.74 Å². The lowest BCUT2D eigenvalue weighted by Crippen LogP contribution is -2.43. The first-order chi connectivity index (χ1) is 5.83. The van der Waals surface area contributed by atoms with E-state index in [1.807, 2.05) is 0 Å². The summed E-state index contributed by atoms with van der Waals surface area (Å²) in [7, 11) is 0. The van der Waals surface area contributed by atoms with E-state index >= 15 is 0 Å². The molecule has 2 unspecified atom stereocenters. The van der Waals surface area contributed by atoms with Crippen LogP contribution in [0.25, 0.3) is 0 Å². The number of halogens is 3. The zero-order chi connectivity index (χ0) is 10.1. The number of aliphatic hydroxyl groups excluding tert-OH is 1. The molecule has 78 valence electrons. The summed E-state index contributed by atoms with van der Waals surface area (Å²) in [6.45, 7) is -0.891. The highest BCUT2D eigenvalue weighted by Crippen LogP contribution is 2.32. The van der Waals surface area contributed by atoms with E-state index in [-0.39, 0.29) is 6.42 Å². The van der Waals surface area contributed by atoms with Crippen molar-refractivity contribution in [3.63, 3.8) is 0 Å². The Kier molecular flexibility index (Phi) is 2.84. The highest BCUT2D eigenvalue weighted by atomic mass is 19.4. The van der Waals surface area contributed by atoms with Crippen LogP contribution in [0.2, 0.25) is 0 Å². The number of alkyl halides is 3. The van der Waals surface area contributed by atoms with Gasteiger partial charge in [0.25, 0.3) is 0 Å². The van der Waals surface area contributed by atoms with Crippen LogP contribution in [0.15, 0.2) is 0 Å². The second kappa shape index (κ2) is 3.43. The second-order valence-corrected chi connectivity index (χ2v) is 3.25. The zero-order valence-electron chi connectivity index (χ0n) is 6.84. The molecule has 0 radical (unpaired) electrons. The molecule has 0 bridgehead atoms. The SMILES string of the molecule is OC1CCCC1(O)COC(F)(F)F. The van der Waals surface area contributed by atoms with Crippen LogP contribution < -0.4 is 0 Å². The van der Waals surface area contributed by atoms with Crippen molar-refractivity contribution in [1.29, 1.82) is 0 Å². The minimum Gasteiger partial charge on any atom is -0.390 e. The number of hydrogen-bond acceptors (Lipinski definition) is 3. The second-order valence-electron chi connectivity index (χ2n) is 3.25. The van der Waals surface area contributed by atoms with Gasteiger partial charge in [0.2, 0.25) is 0 Å². The van der Waals surface area contributed by atoms with Crippen LogP contribution in [0, 0.1) is 0 Å². The number of ether oxygens (including phenoxy) is 1. The highest BCUT2D eigenvalue weighted by Gasteiger charge is 2.43. The van der Waals surface area contributed by atoms with Crippen molar-refractivity contribution in [2.75, 3.05) is 6.61 Å². The van der Waals surface area contributed by atoms with Crippen LogP contribution >= 0.6 is 0 Å². The van der Waals surface area contributed by atoms with Gasteiger partial charge in [-0.15, -0.1) is 13.2 Å². The molecule has 0 aromatic heterocycles. The summed E-state index contributed by atoms with van der Waals surface area (Å²) >= 11 is 0. The Morgan fingerprint density at radius 3 is 2.46 bits per heavy atom. The van der Waals surface area contributed by atoms with E-state index in [4.69, 9.17) is 5.11 Å². The Bertz CT molecular complexity index is 182. The molecule has 2 N–H and O–H groups in total. The molecule has 6 heteroatoms. The fourth-order valence-corrected chi connectivity index (χ4v) is 1.41. The molecule has 0 aromatic rings. The van der Waals surface area contributed by atoms with E-state index in [2.05, 4.69) is 4.74 Å². The first kappa shape index (κ1) is 10.7. The van der Waals surface area contributed by atoms with Gasteiger partial charge in [0, 0.05) is 0 Å². The number of hydrogen-bond donors (Lipinski definition) is 2. The molecule has 2 atom stereocenters. The average molecular weight is 200 g/mol. The van der Waals surface area contributed by atoms with Gasteiger partial charge < -0.3 is 10.2 Å². The largest absolute Gasteiger partial charge is 0.522 e. The smallest absolute Gasteiger partial charge is 0.390 e. The van der Waals surface area contributed by atoms with E-state index < -0.39 is 24.7 Å². The number of rotatable bonds is 2. The highest BCUT2D eigenvalue weighted by molar-refractivity contribution is 4.92. The lowest BCUT2D eigenvalue weighted by atomic mass is 10.0. The quantitative estimate of drug-likeness (QED) is 0.693. The van der Waals surface area contributed by atoms with E-state index in [9.17, 15) is 18.3 Å². The fourth-order valence-electron chi connectivity index (χ4n) is 1.41. The molecular weight excluding hydrogens is 189 g/mol. The normalized spacial score (nSPS) is 35.3. The van der Waals surface area contributed by atoms with Gasteiger partial charge >= 0.3 is 6.36 Å². The summed E-state index contributed by atoms with van der Waals surface area (Å²) in [4.78, 5) is 0. The minimum absolute atomic E-state index is 0.143. The maximum absolute atomic E-state index is 11.6. The van der Waals surface area contributed by atoms with Crippen molar-refractivity contribution in [3.05, 3.63) is 0 Å². The maximum atomic E-state index is 11.6. The first-order valence-corrected chi connectivity index (χ1v) is 3.95. The molecule has 1 fully saturated rings. The van der Waals surface area contributed by atoms with Crippen molar-refractivity contribution in [2.45, 2.75) is 37.3 Å². The molecule has 1 aliphatic rings. The predicted octanol–water partition coefficient (Wildman–Crippen LogP) is 0.799. The van der Waals surface area contributed by atoms with Crippen molar-refractivity contribution in [1.82, 2.24) is 0 Å². The molecule has 0 aliphatic heterocycles. The minimum atomic E-state index is -4.75. The third-order valence-electron chi connectivity index (χ3n) is 2.19. The molecule has 1 rings (SSSR count). The topological polar surface area (TPSA) is 49.7 Å². The zero-order valence-corrected chi connectivity index (χ0v) is 6.84. The molecular formula is C7H11F3O3. The lowest BCUT2D eigenvalue weighted by Gasteiger charge is -2.26. The van der Waals surface area contributed by atoms with Gasteiger partial charge in [-0.2, -0.15) is 0 Å². The van der Waals surface area contributed by atoms with Gasteiger partial charge in [-0.3, -0.25) is 4.74 Å². The van der Waals surface area contributed by atoms with E-state index in [1.54, 1.807) is 0 Å². The fraction of sp³-hybridized carbons (Fsp3) is 1.00. The van der Waals surface area contributed by atoms with E-state index in [0.717, 1.165) is 0 Å². The summed E-state index contributed by atoms with van der Waals surface area (Å²) in [5.41, 5.74) is -1.73. The van der Waals surface area contributed by atoms with Gasteiger partial charge in [0.15, 0.2) is 0 Å². The van der Waals surface area contributed by atoms with Gasteiger partial charge in [-0.1, -0.05) is 0 Å². The van der Waals surface area contributed by atoms with Crippen LogP contribution in [0.3, 0.4) is 0 Å². The predicted molar refractivity (Wildman–Crippen MR) is 36.8 cm³/mol. The molecule has 13 heavy (non-hydrogen) atoms. The molecule has 0 spiro atoms. The van der Waals surface area contributed by atoms with Crippen molar-refractivity contribution >= 4 is 0 Å². The first-order valence-electron chi connectivity index (χ1n) is 3.95. The monoisotopic (exact) mass is 200 g/mol. The van der Waals surface area contributed by atoms with E-state index in [1.165, 1.54) is 0 Å². The summed E-state index contributed by atoms with van der Waals surface area (Å²) in [6.07, 6.45) is -4.89. The molecule has 0 amide bonds. The third-order valence-corrected chi connectivity index (χ3v) is 2.19. The molecule has 0 aromatic carbocycles. The van der Waals surface area contributed by atoms with Gasteiger partial charge in [-0.05, 0) is 19.3 Å². The van der Waals surface area contributed by atoms with Crippen molar-refractivity contribution < 1.29 is 28.1 Å². The Morgan fingerprint density at radius 1 is 1.46 bits per heavy atom. The summed E-state index contributed by atoms with van der Waals surface area (Å²) < 4.78 is 38.3. The summed E-state index contributed by atoms with van der Waals surface area (Å²) in [6, 6.07) is 0. The summed E-state index contributed by atoms with van der Waals surface area (Å²) in [5.74, 6) is 0. The molecule has 1 saturated carbocycles. The Hall–Kier alpha value is -0.330. The standard InChI is InChI=1S/C7H11F3O3/c8-7(9,10)13-4-6(12)3-1-2-5(6)11/h5,11-12H,1-4H2. The van der Waals surface area contributed by atoms with E-state index in [0.29, 0.717) is 12.8 Å². The van der Waals surface area contributed by atoms with Crippen LogP contribution in [0.5, 0.6) is 0 Å². The molecule has 1 aliphatic carbocycles. The molecule has 0 heterocycles. The Labute approximate surface area is 73.1 Å². The third kappa shape index (κ3) is 2.82. The molecule has 3 nitrogen and oxygen atoms in total. The maximum Gasteiger partial charge on any atom is 0.522 e. The lowest BCUT2D eigenvalue weighted by molar-refractivity contribution is -0.340. The molecule has 0 saturated heterocycles. The van der Waals surface area contributed by atoms with Crippen LogP contribution in [0.4, 0.5) is 13.2 Å². The summed E-state index contributed by atoms with van der Waals surface area (Å²) in [5, 5.41) is 18.6. The average Bonchev–Trinajstić information content (AvgIpc) is 2.29. The van der Waals surface area contributed by atoms with Crippen molar-refractivity contribution in [3.8, 4) is 0 Å². The number of aliphatic hydroxyl groups is 2. The van der Waals surface area contributed by atoms with Gasteiger partial charge in [0.05, 0.1) is 12.7 Å². The van der Waals surface area contributed by atoms with Gasteiger partial charge in [-0.25, -0.2) is 0 Å². The Balaban J connectivity index is 2.43.